The van der Waals surface area contributed by atoms with E-state index in [1.165, 1.54) is 4.88 Å². The van der Waals surface area contributed by atoms with Gasteiger partial charge in [0.15, 0.2) is 0 Å². The molecule has 2 heterocycles. The normalized spacial score (nSPS) is 10.8. The largest absolute Gasteiger partial charge is 0.394 e. The van der Waals surface area contributed by atoms with Gasteiger partial charge in [-0.05, 0) is 28.3 Å². The Morgan fingerprint density at radius 3 is 3.19 bits per heavy atom. The summed E-state index contributed by atoms with van der Waals surface area (Å²) in [7, 11) is 0. The predicted octanol–water partition coefficient (Wildman–Crippen LogP) is 1.06. The SMILES string of the molecule is OCCn1nnnc1SCCc1cccs1. The lowest BCUT2D eigenvalue weighted by Crippen LogP contribution is -2.06. The number of aliphatic hydroxyl groups excluding tert-OH is 1. The summed E-state index contributed by atoms with van der Waals surface area (Å²) < 4.78 is 1.62. The molecule has 2 aromatic heterocycles. The number of rotatable bonds is 6. The second-order valence-electron chi connectivity index (χ2n) is 3.09. The summed E-state index contributed by atoms with van der Waals surface area (Å²) in [4.78, 5) is 1.37. The summed E-state index contributed by atoms with van der Waals surface area (Å²) in [6.07, 6.45) is 1.02. The number of aryl methyl sites for hydroxylation is 1. The lowest BCUT2D eigenvalue weighted by atomic mass is 10.4. The fourth-order valence-electron chi connectivity index (χ4n) is 1.23. The van der Waals surface area contributed by atoms with Crippen molar-refractivity contribution < 1.29 is 5.11 Å². The van der Waals surface area contributed by atoms with Crippen LogP contribution in [0, 0.1) is 0 Å². The van der Waals surface area contributed by atoms with E-state index in [1.54, 1.807) is 27.8 Å². The summed E-state index contributed by atoms with van der Waals surface area (Å²) in [5.74, 6) is 0.951. The fourth-order valence-corrected chi connectivity index (χ4v) is 2.95. The van der Waals surface area contributed by atoms with Crippen LogP contribution in [-0.2, 0) is 13.0 Å². The highest BCUT2D eigenvalue weighted by atomic mass is 32.2. The summed E-state index contributed by atoms with van der Waals surface area (Å²) in [6, 6.07) is 4.18. The molecule has 0 unspecified atom stereocenters. The highest BCUT2D eigenvalue weighted by Crippen LogP contribution is 2.17. The Kier molecular flexibility index (Phi) is 4.32. The summed E-state index contributed by atoms with van der Waals surface area (Å²) in [5.41, 5.74) is 0. The fraction of sp³-hybridized carbons (Fsp3) is 0.444. The van der Waals surface area contributed by atoms with Crippen LogP contribution in [0.1, 0.15) is 4.88 Å². The third-order valence-electron chi connectivity index (χ3n) is 1.97. The van der Waals surface area contributed by atoms with E-state index in [9.17, 15) is 0 Å². The Labute approximate surface area is 101 Å². The minimum atomic E-state index is 0.0591. The highest BCUT2D eigenvalue weighted by molar-refractivity contribution is 7.99. The van der Waals surface area contributed by atoms with E-state index in [2.05, 4.69) is 33.0 Å². The first-order valence-corrected chi connectivity index (χ1v) is 6.79. The molecule has 5 nitrogen and oxygen atoms in total. The molecular formula is C9H12N4OS2. The zero-order chi connectivity index (χ0) is 11.2. The van der Waals surface area contributed by atoms with Crippen molar-refractivity contribution in [3.8, 4) is 0 Å². The van der Waals surface area contributed by atoms with Gasteiger partial charge in [0, 0.05) is 10.6 Å². The zero-order valence-corrected chi connectivity index (χ0v) is 10.2. The molecule has 0 bridgehead atoms. The van der Waals surface area contributed by atoms with Gasteiger partial charge in [0.1, 0.15) is 0 Å². The lowest BCUT2D eigenvalue weighted by Gasteiger charge is -2.00. The smallest absolute Gasteiger partial charge is 0.209 e. The summed E-state index contributed by atoms with van der Waals surface area (Å²) >= 11 is 3.38. The molecule has 0 amide bonds. The molecule has 0 fully saturated rings. The molecule has 0 spiro atoms. The Morgan fingerprint density at radius 2 is 2.44 bits per heavy atom. The third-order valence-corrected chi connectivity index (χ3v) is 3.87. The van der Waals surface area contributed by atoms with Crippen LogP contribution < -0.4 is 0 Å². The maximum absolute atomic E-state index is 8.81. The molecule has 0 saturated carbocycles. The van der Waals surface area contributed by atoms with Gasteiger partial charge in [-0.25, -0.2) is 4.68 Å². The first-order valence-electron chi connectivity index (χ1n) is 4.92. The predicted molar refractivity (Wildman–Crippen MR) is 63.6 cm³/mol. The number of aromatic nitrogens is 4. The number of tetrazole rings is 1. The maximum Gasteiger partial charge on any atom is 0.209 e. The Morgan fingerprint density at radius 1 is 1.50 bits per heavy atom. The van der Waals surface area contributed by atoms with E-state index in [1.807, 2.05) is 0 Å². The van der Waals surface area contributed by atoms with Gasteiger partial charge in [0.25, 0.3) is 0 Å². The molecule has 0 saturated heterocycles. The van der Waals surface area contributed by atoms with Crippen molar-refractivity contribution in [1.29, 1.82) is 0 Å². The zero-order valence-electron chi connectivity index (χ0n) is 8.61. The number of thioether (sulfide) groups is 1. The molecule has 0 atom stereocenters. The Hall–Kier alpha value is -0.920. The summed E-state index contributed by atoms with van der Waals surface area (Å²) in [6.45, 7) is 0.512. The second kappa shape index (κ2) is 5.97. The number of nitrogens with zero attached hydrogens (tertiary/aromatic N) is 4. The highest BCUT2D eigenvalue weighted by Gasteiger charge is 2.05. The summed E-state index contributed by atoms with van der Waals surface area (Å²) in [5, 5.41) is 23.0. The minimum Gasteiger partial charge on any atom is -0.394 e. The second-order valence-corrected chi connectivity index (χ2v) is 5.18. The Balaban J connectivity index is 1.82. The lowest BCUT2D eigenvalue weighted by molar-refractivity contribution is 0.262. The van der Waals surface area contributed by atoms with Crippen molar-refractivity contribution in [1.82, 2.24) is 20.2 Å². The molecule has 1 N–H and O–H groups in total. The van der Waals surface area contributed by atoms with E-state index >= 15 is 0 Å². The van der Waals surface area contributed by atoms with Gasteiger partial charge in [0.05, 0.1) is 13.2 Å². The van der Waals surface area contributed by atoms with Crippen molar-refractivity contribution in [2.24, 2.45) is 0 Å². The average Bonchev–Trinajstić information content (AvgIpc) is 2.91. The minimum absolute atomic E-state index is 0.0591. The number of hydrogen-bond acceptors (Lipinski definition) is 6. The molecule has 0 aliphatic rings. The standard InChI is InChI=1S/C9H12N4OS2/c14-5-4-13-9(10-11-12-13)16-7-3-8-2-1-6-15-8/h1-2,6,14H,3-5,7H2. The number of thiophene rings is 1. The van der Waals surface area contributed by atoms with Crippen molar-refractivity contribution >= 4 is 23.1 Å². The van der Waals surface area contributed by atoms with Crippen LogP contribution in [0.25, 0.3) is 0 Å². The average molecular weight is 256 g/mol. The van der Waals surface area contributed by atoms with E-state index in [0.717, 1.165) is 17.3 Å². The molecule has 86 valence electrons. The van der Waals surface area contributed by atoms with Crippen LogP contribution in [0.4, 0.5) is 0 Å². The van der Waals surface area contributed by atoms with E-state index in [4.69, 9.17) is 5.11 Å². The van der Waals surface area contributed by atoms with Gasteiger partial charge in [-0.2, -0.15) is 0 Å². The van der Waals surface area contributed by atoms with Gasteiger partial charge in [0.2, 0.25) is 5.16 Å². The number of aliphatic hydroxyl groups is 1. The van der Waals surface area contributed by atoms with Gasteiger partial charge >= 0.3 is 0 Å². The van der Waals surface area contributed by atoms with Gasteiger partial charge in [-0.1, -0.05) is 17.8 Å². The van der Waals surface area contributed by atoms with Crippen molar-refractivity contribution in [2.75, 3.05) is 12.4 Å². The van der Waals surface area contributed by atoms with Crippen LogP contribution in [-0.4, -0.2) is 37.7 Å². The third kappa shape index (κ3) is 3.03. The molecule has 0 aromatic carbocycles. The maximum atomic E-state index is 8.81. The first kappa shape index (κ1) is 11.6. The van der Waals surface area contributed by atoms with Crippen LogP contribution >= 0.6 is 23.1 Å². The van der Waals surface area contributed by atoms with Gasteiger partial charge in [-0.3, -0.25) is 0 Å². The monoisotopic (exact) mass is 256 g/mol. The van der Waals surface area contributed by atoms with Gasteiger partial charge in [-0.15, -0.1) is 16.4 Å². The van der Waals surface area contributed by atoms with Crippen LogP contribution in [0.5, 0.6) is 0 Å². The molecular weight excluding hydrogens is 244 g/mol. The van der Waals surface area contributed by atoms with Crippen molar-refractivity contribution in [3.05, 3.63) is 22.4 Å². The molecule has 0 aliphatic carbocycles. The quantitative estimate of drug-likeness (QED) is 0.783. The van der Waals surface area contributed by atoms with Crippen LogP contribution in [0.2, 0.25) is 0 Å². The van der Waals surface area contributed by atoms with E-state index < -0.39 is 0 Å². The van der Waals surface area contributed by atoms with E-state index in [-0.39, 0.29) is 6.61 Å². The van der Waals surface area contributed by atoms with Crippen molar-refractivity contribution in [2.45, 2.75) is 18.1 Å². The van der Waals surface area contributed by atoms with Crippen molar-refractivity contribution in [3.63, 3.8) is 0 Å². The van der Waals surface area contributed by atoms with E-state index in [0.29, 0.717) is 6.54 Å². The Bertz CT molecular complexity index is 415. The molecule has 0 aliphatic heterocycles. The molecule has 2 rings (SSSR count). The number of hydrogen-bond donors (Lipinski definition) is 1. The van der Waals surface area contributed by atoms with Gasteiger partial charge < -0.3 is 5.11 Å². The molecule has 2 aromatic rings. The van der Waals surface area contributed by atoms with Crippen LogP contribution in [0.15, 0.2) is 22.7 Å². The molecule has 16 heavy (non-hydrogen) atoms. The molecule has 7 heteroatoms. The van der Waals surface area contributed by atoms with Crippen LogP contribution in [0.3, 0.4) is 0 Å². The first-order chi connectivity index (χ1) is 7.90. The molecule has 0 radical (unpaired) electrons. The topological polar surface area (TPSA) is 63.8 Å².